The van der Waals surface area contributed by atoms with E-state index in [0.717, 1.165) is 17.0 Å². The maximum absolute atomic E-state index is 13.7. The Morgan fingerprint density at radius 1 is 1.23 bits per heavy atom. The van der Waals surface area contributed by atoms with Crippen LogP contribution in [0.2, 0.25) is 0 Å². The van der Waals surface area contributed by atoms with Crippen molar-refractivity contribution < 1.29 is 13.9 Å². The number of hydrogen-bond acceptors (Lipinski definition) is 5. The first-order chi connectivity index (χ1) is 14.1. The summed E-state index contributed by atoms with van der Waals surface area (Å²) in [5, 5.41) is 11.6. The van der Waals surface area contributed by atoms with Gasteiger partial charge in [-0.25, -0.2) is 9.07 Å². The zero-order valence-corrected chi connectivity index (χ0v) is 17.5. The molecule has 158 valence electrons. The highest BCUT2D eigenvalue weighted by Crippen LogP contribution is 2.26. The van der Waals surface area contributed by atoms with Gasteiger partial charge in [-0.1, -0.05) is 17.3 Å². The lowest BCUT2D eigenvalue weighted by Crippen LogP contribution is -2.49. The molecule has 30 heavy (non-hydrogen) atoms. The average Bonchev–Trinajstić information content (AvgIpc) is 3.14. The molecule has 1 amide bonds. The van der Waals surface area contributed by atoms with E-state index in [9.17, 15) is 9.18 Å². The lowest BCUT2D eigenvalue weighted by atomic mass is 10.0. The Morgan fingerprint density at radius 2 is 2.00 bits per heavy atom. The molecule has 1 N–H and O–H groups in total. The van der Waals surface area contributed by atoms with Crippen molar-refractivity contribution in [2.24, 2.45) is 0 Å². The Hall–Kier alpha value is -2.97. The number of methoxy groups -OCH3 is 1. The number of ether oxygens (including phenoxy) is 1. The van der Waals surface area contributed by atoms with Gasteiger partial charge in [0.05, 0.1) is 24.5 Å². The van der Waals surface area contributed by atoms with Crippen molar-refractivity contribution in [2.75, 3.05) is 26.7 Å². The number of aromatic nitrogens is 3. The fraction of sp³-hybridized carbons (Fsp3) is 0.286. The Morgan fingerprint density at radius 3 is 2.70 bits per heavy atom. The Kier molecular flexibility index (Phi) is 6.69. The van der Waals surface area contributed by atoms with Gasteiger partial charge in [-0.05, 0) is 48.9 Å². The maximum atomic E-state index is 13.7. The molecule has 0 bridgehead atoms. The van der Waals surface area contributed by atoms with Gasteiger partial charge in [-0.2, -0.15) is 0 Å². The fourth-order valence-corrected chi connectivity index (χ4v) is 3.59. The lowest BCUT2D eigenvalue weighted by molar-refractivity contribution is 0.0627. The topological polar surface area (TPSA) is 72.3 Å². The van der Waals surface area contributed by atoms with E-state index in [2.05, 4.69) is 15.6 Å². The first kappa shape index (κ1) is 21.7. The lowest BCUT2D eigenvalue weighted by Gasteiger charge is -2.36. The summed E-state index contributed by atoms with van der Waals surface area (Å²) in [6.45, 7) is 3.55. The molecule has 1 saturated heterocycles. The quantitative estimate of drug-likeness (QED) is 0.687. The van der Waals surface area contributed by atoms with E-state index in [1.807, 2.05) is 37.3 Å². The second-order valence-electron chi connectivity index (χ2n) is 6.91. The van der Waals surface area contributed by atoms with E-state index in [1.54, 1.807) is 22.8 Å². The van der Waals surface area contributed by atoms with Crippen molar-refractivity contribution in [3.63, 3.8) is 0 Å². The largest absolute Gasteiger partial charge is 0.497 e. The summed E-state index contributed by atoms with van der Waals surface area (Å²) in [6, 6.07) is 13.5. The molecule has 1 aliphatic heterocycles. The van der Waals surface area contributed by atoms with Crippen molar-refractivity contribution in [3.8, 4) is 11.4 Å². The second-order valence-corrected chi connectivity index (χ2v) is 6.91. The van der Waals surface area contributed by atoms with Gasteiger partial charge in [0.2, 0.25) is 0 Å². The number of amides is 1. The molecule has 9 heteroatoms. The molecule has 4 rings (SSSR count). The van der Waals surface area contributed by atoms with Crippen molar-refractivity contribution >= 4 is 18.3 Å². The Labute approximate surface area is 180 Å². The third-order valence-electron chi connectivity index (χ3n) is 5.15. The molecule has 0 radical (unpaired) electrons. The summed E-state index contributed by atoms with van der Waals surface area (Å²) in [5.74, 6) is 0.210. The molecule has 0 spiro atoms. The van der Waals surface area contributed by atoms with E-state index in [-0.39, 0.29) is 30.2 Å². The standard InChI is InChI=1S/C21H22FN5O2.ClH/c1-14-20(24-25-27(14)17-6-8-18(29-2)9-7-17)21(28)26-11-10-23-13-19(26)15-4-3-5-16(22)12-15;/h3-9,12,19,23H,10-11,13H2,1-2H3;1H. The van der Waals surface area contributed by atoms with Gasteiger partial charge in [0, 0.05) is 19.6 Å². The summed E-state index contributed by atoms with van der Waals surface area (Å²) < 4.78 is 20.5. The number of carbonyl (C=O) groups excluding carboxylic acids is 1. The van der Waals surface area contributed by atoms with Crippen molar-refractivity contribution in [2.45, 2.75) is 13.0 Å². The molecular weight excluding hydrogens is 409 g/mol. The van der Waals surface area contributed by atoms with Crippen LogP contribution in [-0.4, -0.2) is 52.5 Å². The van der Waals surface area contributed by atoms with Crippen molar-refractivity contribution in [1.82, 2.24) is 25.2 Å². The van der Waals surface area contributed by atoms with Gasteiger partial charge in [-0.3, -0.25) is 4.79 Å². The molecule has 1 aromatic heterocycles. The highest BCUT2D eigenvalue weighted by molar-refractivity contribution is 5.93. The van der Waals surface area contributed by atoms with E-state index >= 15 is 0 Å². The van der Waals surface area contributed by atoms with Gasteiger partial charge < -0.3 is 15.0 Å². The summed E-state index contributed by atoms with van der Waals surface area (Å²) in [6.07, 6.45) is 0. The minimum atomic E-state index is -0.317. The molecule has 2 heterocycles. The van der Waals surface area contributed by atoms with Crippen LogP contribution in [0.3, 0.4) is 0 Å². The van der Waals surface area contributed by atoms with Crippen molar-refractivity contribution in [3.05, 3.63) is 71.3 Å². The Balaban J connectivity index is 0.00000256. The molecular formula is C21H23ClFN5O2. The highest BCUT2D eigenvalue weighted by Gasteiger charge is 2.31. The van der Waals surface area contributed by atoms with Crippen LogP contribution >= 0.6 is 12.4 Å². The SMILES string of the molecule is COc1ccc(-n2nnc(C(=O)N3CCNCC3c3cccc(F)c3)c2C)cc1.Cl. The molecule has 3 aromatic rings. The molecule has 1 unspecified atom stereocenters. The molecule has 0 aliphatic carbocycles. The van der Waals surface area contributed by atoms with E-state index < -0.39 is 0 Å². The summed E-state index contributed by atoms with van der Waals surface area (Å²) in [7, 11) is 1.61. The predicted octanol–water partition coefficient (Wildman–Crippen LogP) is 2.93. The third kappa shape index (κ3) is 4.15. The summed E-state index contributed by atoms with van der Waals surface area (Å²) >= 11 is 0. The summed E-state index contributed by atoms with van der Waals surface area (Å²) in [5.41, 5.74) is 2.49. The first-order valence-corrected chi connectivity index (χ1v) is 9.42. The molecule has 2 aromatic carbocycles. The zero-order valence-electron chi connectivity index (χ0n) is 16.7. The van der Waals surface area contributed by atoms with E-state index in [0.29, 0.717) is 31.0 Å². The van der Waals surface area contributed by atoms with Crippen LogP contribution in [0.1, 0.15) is 27.8 Å². The molecule has 0 saturated carbocycles. The number of carbonyl (C=O) groups is 1. The number of nitrogens with zero attached hydrogens (tertiary/aromatic N) is 4. The minimum absolute atomic E-state index is 0. The van der Waals surface area contributed by atoms with Crippen LogP contribution < -0.4 is 10.1 Å². The normalized spacial score (nSPS) is 16.1. The molecule has 1 aliphatic rings. The zero-order chi connectivity index (χ0) is 20.4. The predicted molar refractivity (Wildman–Crippen MR) is 113 cm³/mol. The molecule has 7 nitrogen and oxygen atoms in total. The summed E-state index contributed by atoms with van der Waals surface area (Å²) in [4.78, 5) is 15.0. The van der Waals surface area contributed by atoms with E-state index in [4.69, 9.17) is 4.74 Å². The van der Waals surface area contributed by atoms with Crippen LogP contribution in [-0.2, 0) is 0 Å². The number of rotatable bonds is 4. The van der Waals surface area contributed by atoms with Gasteiger partial charge >= 0.3 is 0 Å². The molecule has 1 atom stereocenters. The number of piperazine rings is 1. The van der Waals surface area contributed by atoms with Crippen molar-refractivity contribution in [1.29, 1.82) is 0 Å². The van der Waals surface area contributed by atoms with Crippen LogP contribution in [0.4, 0.5) is 4.39 Å². The third-order valence-corrected chi connectivity index (χ3v) is 5.15. The van der Waals surface area contributed by atoms with Gasteiger partial charge in [0.25, 0.3) is 5.91 Å². The van der Waals surface area contributed by atoms with Crippen LogP contribution in [0, 0.1) is 12.7 Å². The smallest absolute Gasteiger partial charge is 0.276 e. The number of hydrogen-bond donors (Lipinski definition) is 1. The van der Waals surface area contributed by atoms with Gasteiger partial charge in [0.15, 0.2) is 5.69 Å². The Bertz CT molecular complexity index is 1020. The fourth-order valence-electron chi connectivity index (χ4n) is 3.59. The maximum Gasteiger partial charge on any atom is 0.276 e. The second kappa shape index (κ2) is 9.23. The number of benzene rings is 2. The van der Waals surface area contributed by atoms with Crippen LogP contribution in [0.25, 0.3) is 5.69 Å². The van der Waals surface area contributed by atoms with E-state index in [1.165, 1.54) is 12.1 Å². The number of halogens is 2. The minimum Gasteiger partial charge on any atom is -0.497 e. The first-order valence-electron chi connectivity index (χ1n) is 9.42. The monoisotopic (exact) mass is 431 g/mol. The van der Waals surface area contributed by atoms with Crippen LogP contribution in [0.15, 0.2) is 48.5 Å². The van der Waals surface area contributed by atoms with Gasteiger partial charge in [-0.15, -0.1) is 17.5 Å². The average molecular weight is 432 g/mol. The van der Waals surface area contributed by atoms with Gasteiger partial charge in [0.1, 0.15) is 11.6 Å². The highest BCUT2D eigenvalue weighted by atomic mass is 35.5. The molecule has 1 fully saturated rings. The number of nitrogens with one attached hydrogen (secondary N) is 1. The van der Waals surface area contributed by atoms with Crippen LogP contribution in [0.5, 0.6) is 5.75 Å².